The van der Waals surface area contributed by atoms with Gasteiger partial charge in [0, 0.05) is 0 Å². The second-order valence-corrected chi connectivity index (χ2v) is 7.48. The van der Waals surface area contributed by atoms with Crippen LogP contribution in [-0.2, 0) is 14.9 Å². The molecular weight excluding hydrogens is 421 g/mol. The number of halogens is 1. The summed E-state index contributed by atoms with van der Waals surface area (Å²) in [6, 6.07) is 5.50. The topological polar surface area (TPSA) is 131 Å². The first-order valence-electron chi connectivity index (χ1n) is 8.59. The van der Waals surface area contributed by atoms with E-state index in [1.165, 1.54) is 32.9 Å². The van der Waals surface area contributed by atoms with Crippen LogP contribution in [0.25, 0.3) is 5.69 Å². The summed E-state index contributed by atoms with van der Waals surface area (Å²) in [5.41, 5.74) is -1.19. The van der Waals surface area contributed by atoms with Gasteiger partial charge in [0.25, 0.3) is 5.56 Å². The Labute approximate surface area is 170 Å². The van der Waals surface area contributed by atoms with Crippen molar-refractivity contribution in [2.45, 2.75) is 25.7 Å². The molecule has 2 heterocycles. The number of nitrogens with zero attached hydrogens (tertiary/aromatic N) is 3. The molecule has 30 heavy (non-hydrogen) atoms. The fourth-order valence-electron chi connectivity index (χ4n) is 2.60. The van der Waals surface area contributed by atoms with E-state index >= 15 is 0 Å². The third kappa shape index (κ3) is 4.08. The number of benzene rings is 1. The van der Waals surface area contributed by atoms with Gasteiger partial charge in [0.15, 0.2) is 16.4 Å². The largest absolute Gasteiger partial charge is 0.461 e. The first-order valence-corrected chi connectivity index (χ1v) is 9.99. The highest BCUT2D eigenvalue weighted by Gasteiger charge is 2.30. The molecule has 0 N–H and O–H groups in total. The predicted molar refractivity (Wildman–Crippen MR) is 99.5 cm³/mol. The fraction of sp³-hybridized carbons (Fsp3) is 0.222. The molecule has 0 aliphatic heterocycles. The molecule has 2 aromatic heterocycles. The van der Waals surface area contributed by atoms with E-state index in [0.29, 0.717) is 0 Å². The van der Waals surface area contributed by atoms with Crippen molar-refractivity contribution >= 4 is 16.1 Å². The van der Waals surface area contributed by atoms with E-state index < -0.39 is 38.9 Å². The smallest absolute Gasteiger partial charge is 0.362 e. The molecule has 0 amide bonds. The van der Waals surface area contributed by atoms with Crippen molar-refractivity contribution in [3.63, 3.8) is 0 Å². The highest BCUT2D eigenvalue weighted by Crippen LogP contribution is 2.25. The quantitative estimate of drug-likeness (QED) is 0.419. The number of hydrogen-bond donors (Lipinski definition) is 0. The first kappa shape index (κ1) is 21.2. The van der Waals surface area contributed by atoms with Gasteiger partial charge in [0.05, 0.1) is 18.4 Å². The van der Waals surface area contributed by atoms with Crippen molar-refractivity contribution in [3.05, 3.63) is 63.7 Å². The summed E-state index contributed by atoms with van der Waals surface area (Å²) in [5, 5.41) is 7.43. The number of hydrogen-bond acceptors (Lipinski definition) is 9. The molecule has 0 saturated heterocycles. The van der Waals surface area contributed by atoms with E-state index in [1.807, 2.05) is 0 Å². The van der Waals surface area contributed by atoms with E-state index in [-0.39, 0.29) is 28.6 Å². The van der Waals surface area contributed by atoms with E-state index in [1.54, 1.807) is 0 Å². The van der Waals surface area contributed by atoms with Crippen LogP contribution in [0.5, 0.6) is 5.75 Å². The Bertz CT molecular complexity index is 1240. The summed E-state index contributed by atoms with van der Waals surface area (Å²) >= 11 is 0. The molecule has 158 valence electrons. The summed E-state index contributed by atoms with van der Waals surface area (Å²) in [4.78, 5) is 24.5. The Balaban J connectivity index is 2.14. The molecule has 0 aliphatic carbocycles. The number of aryl methyl sites for hydroxylation is 2. The summed E-state index contributed by atoms with van der Waals surface area (Å²) < 4.78 is 54.1. The normalized spacial score (nSPS) is 11.3. The molecule has 0 saturated carbocycles. The number of carbonyl (C=O) groups is 1. The third-order valence-electron chi connectivity index (χ3n) is 3.85. The molecule has 0 aliphatic rings. The molecule has 0 bridgehead atoms. The molecule has 0 radical (unpaired) electrons. The maximum Gasteiger partial charge on any atom is 0.362 e. The van der Waals surface area contributed by atoms with Gasteiger partial charge in [-0.2, -0.15) is 18.2 Å². The minimum absolute atomic E-state index is 0.0298. The van der Waals surface area contributed by atoms with Gasteiger partial charge in [-0.15, -0.1) is 0 Å². The van der Waals surface area contributed by atoms with Crippen molar-refractivity contribution < 1.29 is 31.0 Å². The van der Waals surface area contributed by atoms with Gasteiger partial charge in [-0.05, 0) is 45.0 Å². The Morgan fingerprint density at radius 2 is 1.90 bits per heavy atom. The van der Waals surface area contributed by atoms with E-state index in [0.717, 1.165) is 22.9 Å². The number of rotatable bonds is 6. The highest BCUT2D eigenvalue weighted by molar-refractivity contribution is 7.87. The van der Waals surface area contributed by atoms with Gasteiger partial charge in [-0.25, -0.2) is 9.18 Å². The summed E-state index contributed by atoms with van der Waals surface area (Å²) in [6.07, 6.45) is 0. The van der Waals surface area contributed by atoms with Crippen LogP contribution in [-0.4, -0.2) is 35.9 Å². The zero-order valence-corrected chi connectivity index (χ0v) is 16.9. The van der Waals surface area contributed by atoms with Gasteiger partial charge in [0.2, 0.25) is 5.69 Å². The minimum atomic E-state index is -4.50. The second kappa shape index (κ2) is 8.06. The lowest BCUT2D eigenvalue weighted by Gasteiger charge is -2.12. The van der Waals surface area contributed by atoms with Crippen LogP contribution in [0.15, 0.2) is 44.5 Å². The van der Waals surface area contributed by atoms with Gasteiger partial charge < -0.3 is 13.4 Å². The van der Waals surface area contributed by atoms with Crippen LogP contribution in [0.4, 0.5) is 4.39 Å². The van der Waals surface area contributed by atoms with Crippen LogP contribution in [0.3, 0.4) is 0 Å². The monoisotopic (exact) mass is 437 g/mol. The van der Waals surface area contributed by atoms with E-state index in [4.69, 9.17) is 13.4 Å². The Hall–Kier alpha value is -3.54. The maximum absolute atomic E-state index is 13.2. The lowest BCUT2D eigenvalue weighted by Crippen LogP contribution is -2.26. The molecule has 0 unspecified atom stereocenters. The third-order valence-corrected chi connectivity index (χ3v) is 5.34. The Morgan fingerprint density at radius 3 is 2.47 bits per heavy atom. The predicted octanol–water partition coefficient (Wildman–Crippen LogP) is 1.92. The van der Waals surface area contributed by atoms with Gasteiger partial charge in [0.1, 0.15) is 11.5 Å². The Kier molecular flexibility index (Phi) is 5.69. The zero-order chi connectivity index (χ0) is 22.1. The van der Waals surface area contributed by atoms with Crippen molar-refractivity contribution in [2.24, 2.45) is 0 Å². The molecule has 3 rings (SSSR count). The van der Waals surface area contributed by atoms with Gasteiger partial charge >= 0.3 is 16.1 Å². The number of aromatic nitrogens is 3. The molecule has 0 fully saturated rings. The first-order chi connectivity index (χ1) is 14.1. The van der Waals surface area contributed by atoms with Crippen LogP contribution >= 0.6 is 0 Å². The zero-order valence-electron chi connectivity index (χ0n) is 16.1. The standard InChI is InChI=1S/C18H16FN3O7S/c1-4-27-18(24)16-14(29-30(25,26)17-10(2)21-28-11(17)3)9-15(23)22(20-16)13-7-5-12(19)6-8-13/h5-9H,4H2,1-3H3. The van der Waals surface area contributed by atoms with Gasteiger partial charge in [-0.3, -0.25) is 4.79 Å². The van der Waals surface area contributed by atoms with Gasteiger partial charge in [-0.1, -0.05) is 5.16 Å². The fourth-order valence-corrected chi connectivity index (χ4v) is 3.84. The van der Waals surface area contributed by atoms with Crippen LogP contribution in [0, 0.1) is 19.7 Å². The number of ether oxygens (including phenoxy) is 1. The summed E-state index contributed by atoms with van der Waals surface area (Å²) in [7, 11) is -4.50. The molecule has 0 atom stereocenters. The molecule has 1 aromatic carbocycles. The second-order valence-electron chi connectivity index (χ2n) is 5.99. The lowest BCUT2D eigenvalue weighted by molar-refractivity contribution is 0.0515. The van der Waals surface area contributed by atoms with E-state index in [2.05, 4.69) is 10.3 Å². The summed E-state index contributed by atoms with van der Waals surface area (Å²) in [6.45, 7) is 4.26. The average Bonchev–Trinajstić information content (AvgIpc) is 3.02. The van der Waals surface area contributed by atoms with Crippen molar-refractivity contribution in [1.29, 1.82) is 0 Å². The van der Waals surface area contributed by atoms with Crippen molar-refractivity contribution in [1.82, 2.24) is 14.9 Å². The average molecular weight is 437 g/mol. The van der Waals surface area contributed by atoms with Crippen LogP contribution in [0.1, 0.15) is 28.9 Å². The number of carbonyl (C=O) groups excluding carboxylic acids is 1. The minimum Gasteiger partial charge on any atom is -0.461 e. The molecular formula is C18H16FN3O7S. The maximum atomic E-state index is 13.2. The summed E-state index contributed by atoms with van der Waals surface area (Å²) in [5.74, 6) is -2.21. The van der Waals surface area contributed by atoms with E-state index in [9.17, 15) is 22.4 Å². The van der Waals surface area contributed by atoms with Crippen LogP contribution in [0.2, 0.25) is 0 Å². The molecule has 10 nitrogen and oxygen atoms in total. The Morgan fingerprint density at radius 1 is 1.23 bits per heavy atom. The van der Waals surface area contributed by atoms with Crippen molar-refractivity contribution in [2.75, 3.05) is 6.61 Å². The number of esters is 1. The molecule has 3 aromatic rings. The molecule has 0 spiro atoms. The lowest BCUT2D eigenvalue weighted by atomic mass is 10.3. The SMILES string of the molecule is CCOC(=O)c1nn(-c2ccc(F)cc2)c(=O)cc1OS(=O)(=O)c1c(C)noc1C. The van der Waals surface area contributed by atoms with Crippen molar-refractivity contribution in [3.8, 4) is 11.4 Å². The molecule has 12 heteroatoms. The van der Waals surface area contributed by atoms with Crippen LogP contribution < -0.4 is 9.74 Å². The highest BCUT2D eigenvalue weighted by atomic mass is 32.2.